The highest BCUT2D eigenvalue weighted by Crippen LogP contribution is 2.26. The Morgan fingerprint density at radius 1 is 1.25 bits per heavy atom. The first-order valence-electron chi connectivity index (χ1n) is 8.65. The molecule has 0 radical (unpaired) electrons. The van der Waals surface area contributed by atoms with E-state index in [9.17, 15) is 4.79 Å². The number of carbonyl (C=O) groups is 1. The Kier molecular flexibility index (Phi) is 4.21. The van der Waals surface area contributed by atoms with E-state index in [1.807, 2.05) is 35.2 Å². The summed E-state index contributed by atoms with van der Waals surface area (Å²) >= 11 is 0. The van der Waals surface area contributed by atoms with Crippen LogP contribution in [-0.2, 0) is 4.74 Å². The zero-order chi connectivity index (χ0) is 16.5. The van der Waals surface area contributed by atoms with E-state index >= 15 is 0 Å². The van der Waals surface area contributed by atoms with Crippen molar-refractivity contribution in [3.8, 4) is 0 Å². The molecule has 1 aromatic carbocycles. The number of benzene rings is 1. The molecule has 5 nitrogen and oxygen atoms in total. The van der Waals surface area contributed by atoms with Crippen molar-refractivity contribution in [2.45, 2.75) is 12.5 Å². The summed E-state index contributed by atoms with van der Waals surface area (Å²) in [6.45, 7) is 4.05. The number of piperidine rings is 1. The van der Waals surface area contributed by atoms with Gasteiger partial charge in [0.1, 0.15) is 5.69 Å². The number of hydrogen-bond donors (Lipinski definition) is 0. The molecule has 0 saturated carbocycles. The van der Waals surface area contributed by atoms with Crippen LogP contribution < -0.4 is 0 Å². The van der Waals surface area contributed by atoms with Gasteiger partial charge in [-0.1, -0.05) is 24.3 Å². The van der Waals surface area contributed by atoms with Gasteiger partial charge in [0, 0.05) is 43.2 Å². The van der Waals surface area contributed by atoms with Crippen molar-refractivity contribution in [1.82, 2.24) is 14.8 Å². The van der Waals surface area contributed by atoms with E-state index in [1.165, 1.54) is 0 Å². The lowest BCUT2D eigenvalue weighted by molar-refractivity contribution is 0.0430. The largest absolute Gasteiger partial charge is 0.380 e. The number of fused-ring (bicyclic) bond motifs is 2. The molecule has 0 spiro atoms. The second-order valence-corrected chi connectivity index (χ2v) is 6.80. The Balaban J connectivity index is 1.60. The number of ether oxygens (including phenoxy) is 1. The summed E-state index contributed by atoms with van der Waals surface area (Å²) < 4.78 is 5.71. The first-order chi connectivity index (χ1) is 11.7. The van der Waals surface area contributed by atoms with Crippen LogP contribution in [0.3, 0.4) is 0 Å². The number of pyridine rings is 1. The van der Waals surface area contributed by atoms with Crippen LogP contribution in [0, 0.1) is 5.92 Å². The van der Waals surface area contributed by atoms with Gasteiger partial charge in [0.25, 0.3) is 5.91 Å². The number of nitrogens with zero attached hydrogens (tertiary/aromatic N) is 3. The maximum absolute atomic E-state index is 13.1. The SMILES string of the molecule is CN1CCOC[C@H]2CCN(C(=O)c3nccc4ccccc34)C[C@H]21. The molecule has 4 rings (SSSR count). The van der Waals surface area contributed by atoms with Gasteiger partial charge in [0.15, 0.2) is 0 Å². The first kappa shape index (κ1) is 15.5. The molecule has 2 aliphatic rings. The fraction of sp³-hybridized carbons (Fsp3) is 0.474. The molecule has 24 heavy (non-hydrogen) atoms. The summed E-state index contributed by atoms with van der Waals surface area (Å²) in [5.74, 6) is 0.561. The summed E-state index contributed by atoms with van der Waals surface area (Å²) in [6.07, 6.45) is 2.72. The normalized spacial score (nSPS) is 25.3. The molecule has 2 fully saturated rings. The number of hydrogen-bond acceptors (Lipinski definition) is 4. The third-order valence-corrected chi connectivity index (χ3v) is 5.37. The van der Waals surface area contributed by atoms with Crippen LogP contribution >= 0.6 is 0 Å². The molecule has 2 saturated heterocycles. The van der Waals surface area contributed by atoms with Crippen LogP contribution in [0.15, 0.2) is 36.5 Å². The van der Waals surface area contributed by atoms with Crippen molar-refractivity contribution in [3.05, 3.63) is 42.2 Å². The summed E-state index contributed by atoms with van der Waals surface area (Å²) in [4.78, 5) is 21.8. The van der Waals surface area contributed by atoms with Crippen LogP contribution in [-0.4, -0.2) is 66.6 Å². The number of aromatic nitrogens is 1. The van der Waals surface area contributed by atoms with E-state index in [4.69, 9.17) is 4.74 Å². The molecule has 0 unspecified atom stereocenters. The summed E-state index contributed by atoms with van der Waals surface area (Å²) in [5.41, 5.74) is 0.569. The van der Waals surface area contributed by atoms with Gasteiger partial charge < -0.3 is 9.64 Å². The van der Waals surface area contributed by atoms with Crippen LogP contribution in [0.1, 0.15) is 16.9 Å². The highest BCUT2D eigenvalue weighted by molar-refractivity contribution is 6.05. The summed E-state index contributed by atoms with van der Waals surface area (Å²) in [7, 11) is 2.14. The van der Waals surface area contributed by atoms with Crippen LogP contribution in [0.25, 0.3) is 10.8 Å². The van der Waals surface area contributed by atoms with Gasteiger partial charge in [0.2, 0.25) is 0 Å². The summed E-state index contributed by atoms with van der Waals surface area (Å²) in [5, 5.41) is 2.00. The van der Waals surface area contributed by atoms with Crippen molar-refractivity contribution in [1.29, 1.82) is 0 Å². The van der Waals surface area contributed by atoms with Gasteiger partial charge >= 0.3 is 0 Å². The molecule has 2 aliphatic heterocycles. The molecule has 126 valence electrons. The maximum atomic E-state index is 13.1. The van der Waals surface area contributed by atoms with Crippen molar-refractivity contribution in [3.63, 3.8) is 0 Å². The van der Waals surface area contributed by atoms with Crippen molar-refractivity contribution < 1.29 is 9.53 Å². The average Bonchev–Trinajstić information content (AvgIpc) is 2.82. The quantitative estimate of drug-likeness (QED) is 0.805. The lowest BCUT2D eigenvalue weighted by atomic mass is 9.91. The van der Waals surface area contributed by atoms with Gasteiger partial charge in [-0.15, -0.1) is 0 Å². The molecule has 0 bridgehead atoms. The van der Waals surface area contributed by atoms with Gasteiger partial charge in [-0.25, -0.2) is 0 Å². The van der Waals surface area contributed by atoms with E-state index in [0.29, 0.717) is 17.7 Å². The molecule has 2 atom stereocenters. The van der Waals surface area contributed by atoms with Crippen LogP contribution in [0.4, 0.5) is 0 Å². The van der Waals surface area contributed by atoms with Gasteiger partial charge in [-0.05, 0) is 24.9 Å². The zero-order valence-corrected chi connectivity index (χ0v) is 14.0. The number of likely N-dealkylation sites (N-methyl/N-ethyl adjacent to an activating group) is 1. The molecule has 0 aliphatic carbocycles. The van der Waals surface area contributed by atoms with Gasteiger partial charge in [0.05, 0.1) is 13.2 Å². The fourth-order valence-corrected chi connectivity index (χ4v) is 3.91. The Labute approximate surface area is 142 Å². The number of carbonyl (C=O) groups excluding carboxylic acids is 1. The average molecular weight is 325 g/mol. The van der Waals surface area contributed by atoms with Crippen molar-refractivity contribution >= 4 is 16.7 Å². The highest BCUT2D eigenvalue weighted by atomic mass is 16.5. The third-order valence-electron chi connectivity index (χ3n) is 5.37. The second kappa shape index (κ2) is 6.49. The molecule has 0 N–H and O–H groups in total. The standard InChI is InChI=1S/C19H23N3O2/c1-21-10-11-24-13-15-7-9-22(12-17(15)21)19(23)18-16-5-3-2-4-14(16)6-8-20-18/h2-6,8,15,17H,7,9-13H2,1H3/t15-,17-/m1/s1. The topological polar surface area (TPSA) is 45.7 Å². The van der Waals surface area contributed by atoms with Crippen LogP contribution in [0.2, 0.25) is 0 Å². The second-order valence-electron chi connectivity index (χ2n) is 6.80. The Hall–Kier alpha value is -1.98. The number of rotatable bonds is 1. The monoisotopic (exact) mass is 325 g/mol. The lowest BCUT2D eigenvalue weighted by Gasteiger charge is -2.41. The Morgan fingerprint density at radius 2 is 2.12 bits per heavy atom. The maximum Gasteiger partial charge on any atom is 0.273 e. The number of likely N-dealkylation sites (tertiary alicyclic amines) is 1. The molecule has 1 aromatic heterocycles. The van der Waals surface area contributed by atoms with E-state index in [1.54, 1.807) is 6.20 Å². The lowest BCUT2D eigenvalue weighted by Crippen LogP contribution is -2.53. The summed E-state index contributed by atoms with van der Waals surface area (Å²) in [6, 6.07) is 10.3. The predicted molar refractivity (Wildman–Crippen MR) is 93.0 cm³/mol. The fourth-order valence-electron chi connectivity index (χ4n) is 3.91. The van der Waals surface area contributed by atoms with E-state index in [-0.39, 0.29) is 5.91 Å². The Bertz CT molecular complexity index is 743. The van der Waals surface area contributed by atoms with Crippen LogP contribution in [0.5, 0.6) is 0 Å². The molecular weight excluding hydrogens is 302 g/mol. The first-order valence-corrected chi connectivity index (χ1v) is 8.65. The minimum atomic E-state index is 0.0452. The highest BCUT2D eigenvalue weighted by Gasteiger charge is 2.36. The third kappa shape index (κ3) is 2.78. The van der Waals surface area contributed by atoms with E-state index < -0.39 is 0 Å². The molecule has 5 heteroatoms. The number of amides is 1. The van der Waals surface area contributed by atoms with Crippen molar-refractivity contribution in [2.24, 2.45) is 5.92 Å². The van der Waals surface area contributed by atoms with E-state index in [0.717, 1.165) is 50.0 Å². The minimum Gasteiger partial charge on any atom is -0.380 e. The van der Waals surface area contributed by atoms with Gasteiger partial charge in [-0.2, -0.15) is 0 Å². The van der Waals surface area contributed by atoms with Crippen molar-refractivity contribution in [2.75, 3.05) is 39.9 Å². The zero-order valence-electron chi connectivity index (χ0n) is 14.0. The molecule has 3 heterocycles. The Morgan fingerprint density at radius 3 is 3.04 bits per heavy atom. The molecule has 1 amide bonds. The molecular formula is C19H23N3O2. The smallest absolute Gasteiger partial charge is 0.273 e. The van der Waals surface area contributed by atoms with Gasteiger partial charge in [-0.3, -0.25) is 14.7 Å². The van der Waals surface area contributed by atoms with E-state index in [2.05, 4.69) is 16.9 Å². The predicted octanol–water partition coefficient (Wildman–Crippen LogP) is 2.03. The molecule has 2 aromatic rings. The minimum absolute atomic E-state index is 0.0452.